The lowest BCUT2D eigenvalue weighted by atomic mass is 9.99. The number of benzene rings is 1. The smallest absolute Gasteiger partial charge is 0.225 e. The molecule has 0 spiro atoms. The van der Waals surface area contributed by atoms with Crippen molar-refractivity contribution in [3.05, 3.63) is 29.8 Å². The summed E-state index contributed by atoms with van der Waals surface area (Å²) in [5, 5.41) is 0. The fourth-order valence-corrected chi connectivity index (χ4v) is 2.54. The van der Waals surface area contributed by atoms with E-state index in [2.05, 4.69) is 0 Å². The molecule has 1 saturated heterocycles. The number of anilines is 1. The van der Waals surface area contributed by atoms with Crippen molar-refractivity contribution in [1.82, 2.24) is 4.90 Å². The van der Waals surface area contributed by atoms with E-state index >= 15 is 0 Å². The summed E-state index contributed by atoms with van der Waals surface area (Å²) in [5.41, 5.74) is 13.6. The van der Waals surface area contributed by atoms with E-state index in [0.717, 1.165) is 5.56 Å². The lowest BCUT2D eigenvalue weighted by molar-refractivity contribution is -0.130. The summed E-state index contributed by atoms with van der Waals surface area (Å²) < 4.78 is 0. The van der Waals surface area contributed by atoms with E-state index in [1.54, 1.807) is 0 Å². The van der Waals surface area contributed by atoms with Crippen molar-refractivity contribution in [1.29, 1.82) is 0 Å². The van der Waals surface area contributed by atoms with Gasteiger partial charge in [-0.05, 0) is 31.5 Å². The minimum absolute atomic E-state index is 0.0500. The third-order valence-electron chi connectivity index (χ3n) is 3.21. The first-order valence-corrected chi connectivity index (χ1v) is 5.93. The van der Waals surface area contributed by atoms with Crippen molar-refractivity contribution in [2.45, 2.75) is 38.4 Å². The van der Waals surface area contributed by atoms with Crippen LogP contribution in [0.3, 0.4) is 0 Å². The highest BCUT2D eigenvalue weighted by Crippen LogP contribution is 2.34. The third kappa shape index (κ3) is 2.13. The van der Waals surface area contributed by atoms with Gasteiger partial charge in [0.05, 0.1) is 6.04 Å². The van der Waals surface area contributed by atoms with Crippen LogP contribution in [0.1, 0.15) is 31.9 Å². The highest BCUT2D eigenvalue weighted by atomic mass is 16.2. The molecule has 1 aliphatic heterocycles. The van der Waals surface area contributed by atoms with Crippen LogP contribution in [0.5, 0.6) is 0 Å². The largest absolute Gasteiger partial charge is 0.399 e. The summed E-state index contributed by atoms with van der Waals surface area (Å²) >= 11 is 0. The second-order valence-corrected chi connectivity index (χ2v) is 4.88. The van der Waals surface area contributed by atoms with Crippen molar-refractivity contribution in [3.63, 3.8) is 0 Å². The second-order valence-electron chi connectivity index (χ2n) is 4.88. The molecule has 0 aliphatic carbocycles. The van der Waals surface area contributed by atoms with Crippen molar-refractivity contribution in [2.24, 2.45) is 5.73 Å². The fraction of sp³-hybridized carbons (Fsp3) is 0.462. The van der Waals surface area contributed by atoms with Gasteiger partial charge in [0.2, 0.25) is 5.91 Å². The van der Waals surface area contributed by atoms with E-state index in [9.17, 15) is 4.79 Å². The van der Waals surface area contributed by atoms with Crippen LogP contribution in [0, 0.1) is 0 Å². The van der Waals surface area contributed by atoms with Gasteiger partial charge in [-0.15, -0.1) is 0 Å². The van der Waals surface area contributed by atoms with Crippen LogP contribution in [-0.4, -0.2) is 22.9 Å². The SMILES string of the molecule is CC(C)N1C(=O)C[C@H](N)[C@H]1c1cccc(N)c1. The minimum atomic E-state index is -0.147. The Balaban J connectivity index is 2.38. The zero-order chi connectivity index (χ0) is 12.6. The normalized spacial score (nSPS) is 24.7. The Morgan fingerprint density at radius 2 is 2.12 bits per heavy atom. The van der Waals surface area contributed by atoms with Gasteiger partial charge < -0.3 is 16.4 Å². The molecule has 1 fully saturated rings. The van der Waals surface area contributed by atoms with E-state index in [-0.39, 0.29) is 24.0 Å². The molecule has 0 aromatic heterocycles. The quantitative estimate of drug-likeness (QED) is 0.756. The van der Waals surface area contributed by atoms with E-state index in [0.29, 0.717) is 12.1 Å². The maximum Gasteiger partial charge on any atom is 0.225 e. The molecule has 4 N–H and O–H groups in total. The molecule has 4 nitrogen and oxygen atoms in total. The molecule has 0 unspecified atom stereocenters. The van der Waals surface area contributed by atoms with Gasteiger partial charge in [-0.1, -0.05) is 12.1 Å². The summed E-state index contributed by atoms with van der Waals surface area (Å²) in [7, 11) is 0. The predicted octanol–water partition coefficient (Wildman–Crippen LogP) is 1.28. The van der Waals surface area contributed by atoms with E-state index < -0.39 is 0 Å². The van der Waals surface area contributed by atoms with E-state index in [1.807, 2.05) is 43.0 Å². The Bertz CT molecular complexity index is 430. The maximum atomic E-state index is 11.9. The first-order chi connectivity index (χ1) is 8.00. The summed E-state index contributed by atoms with van der Waals surface area (Å²) in [6.07, 6.45) is 0.414. The number of nitrogens with two attached hydrogens (primary N) is 2. The van der Waals surface area contributed by atoms with Gasteiger partial charge in [0.1, 0.15) is 0 Å². The molecule has 1 aliphatic rings. The first kappa shape index (κ1) is 11.9. The molecule has 0 saturated carbocycles. The van der Waals surface area contributed by atoms with Gasteiger partial charge in [0.25, 0.3) is 0 Å². The molecule has 1 amide bonds. The van der Waals surface area contributed by atoms with Crippen LogP contribution in [0.2, 0.25) is 0 Å². The van der Waals surface area contributed by atoms with Crippen molar-refractivity contribution in [3.8, 4) is 0 Å². The van der Waals surface area contributed by atoms with E-state index in [4.69, 9.17) is 11.5 Å². The molecule has 2 rings (SSSR count). The molecule has 1 aromatic rings. The van der Waals surface area contributed by atoms with Gasteiger partial charge in [-0.2, -0.15) is 0 Å². The monoisotopic (exact) mass is 233 g/mol. The third-order valence-corrected chi connectivity index (χ3v) is 3.21. The molecule has 17 heavy (non-hydrogen) atoms. The number of likely N-dealkylation sites (tertiary alicyclic amines) is 1. The van der Waals surface area contributed by atoms with Crippen molar-refractivity contribution < 1.29 is 4.79 Å². The van der Waals surface area contributed by atoms with Crippen LogP contribution in [0.15, 0.2) is 24.3 Å². The first-order valence-electron chi connectivity index (χ1n) is 5.93. The number of nitrogens with zero attached hydrogens (tertiary/aromatic N) is 1. The zero-order valence-corrected chi connectivity index (χ0v) is 10.3. The lowest BCUT2D eigenvalue weighted by Crippen LogP contribution is -2.37. The minimum Gasteiger partial charge on any atom is -0.399 e. The van der Waals surface area contributed by atoms with Crippen LogP contribution < -0.4 is 11.5 Å². The Kier molecular flexibility index (Phi) is 3.07. The van der Waals surface area contributed by atoms with Gasteiger partial charge in [-0.3, -0.25) is 4.79 Å². The molecule has 0 radical (unpaired) electrons. The van der Waals surface area contributed by atoms with Crippen LogP contribution in [0.4, 0.5) is 5.69 Å². The lowest BCUT2D eigenvalue weighted by Gasteiger charge is -2.30. The Labute approximate surface area is 102 Å². The molecular weight excluding hydrogens is 214 g/mol. The van der Waals surface area contributed by atoms with Gasteiger partial charge >= 0.3 is 0 Å². The molecule has 92 valence electrons. The van der Waals surface area contributed by atoms with Crippen LogP contribution in [-0.2, 0) is 4.79 Å². The Morgan fingerprint density at radius 3 is 2.71 bits per heavy atom. The summed E-state index contributed by atoms with van der Waals surface area (Å²) in [6, 6.07) is 7.58. The van der Waals surface area contributed by atoms with Gasteiger partial charge in [0.15, 0.2) is 0 Å². The molecule has 0 bridgehead atoms. The van der Waals surface area contributed by atoms with Crippen LogP contribution >= 0.6 is 0 Å². The second kappa shape index (κ2) is 4.37. The molecule has 1 aromatic carbocycles. The van der Waals surface area contributed by atoms with Gasteiger partial charge in [0, 0.05) is 24.2 Å². The highest BCUT2D eigenvalue weighted by molar-refractivity contribution is 5.80. The Hall–Kier alpha value is -1.55. The summed E-state index contributed by atoms with van der Waals surface area (Å²) in [6.45, 7) is 4.02. The number of nitrogen functional groups attached to an aromatic ring is 1. The van der Waals surface area contributed by atoms with Crippen molar-refractivity contribution in [2.75, 3.05) is 5.73 Å². The molecule has 2 atom stereocenters. The summed E-state index contributed by atoms with van der Waals surface area (Å²) in [5.74, 6) is 0.125. The molecule has 4 heteroatoms. The Morgan fingerprint density at radius 1 is 1.41 bits per heavy atom. The van der Waals surface area contributed by atoms with Crippen molar-refractivity contribution >= 4 is 11.6 Å². The number of carbonyl (C=O) groups excluding carboxylic acids is 1. The highest BCUT2D eigenvalue weighted by Gasteiger charge is 2.39. The number of rotatable bonds is 2. The predicted molar refractivity (Wildman–Crippen MR) is 68.2 cm³/mol. The number of hydrogen-bond donors (Lipinski definition) is 2. The molecule has 1 heterocycles. The fourth-order valence-electron chi connectivity index (χ4n) is 2.54. The number of hydrogen-bond acceptors (Lipinski definition) is 3. The molecular formula is C13H19N3O. The maximum absolute atomic E-state index is 11.9. The van der Waals surface area contributed by atoms with Crippen LogP contribution in [0.25, 0.3) is 0 Å². The van der Waals surface area contributed by atoms with E-state index in [1.165, 1.54) is 0 Å². The average Bonchev–Trinajstić information content (AvgIpc) is 2.53. The standard InChI is InChI=1S/C13H19N3O/c1-8(2)16-12(17)7-11(15)13(16)9-4-3-5-10(14)6-9/h3-6,8,11,13H,7,14-15H2,1-2H3/t11-,13+/m0/s1. The van der Waals surface area contributed by atoms with Gasteiger partial charge in [-0.25, -0.2) is 0 Å². The number of carbonyl (C=O) groups is 1. The number of amides is 1. The zero-order valence-electron chi connectivity index (χ0n) is 10.3. The topological polar surface area (TPSA) is 72.3 Å². The average molecular weight is 233 g/mol. The summed E-state index contributed by atoms with van der Waals surface area (Å²) in [4.78, 5) is 13.8.